The van der Waals surface area contributed by atoms with Gasteiger partial charge in [-0.1, -0.05) is 32.4 Å². The van der Waals surface area contributed by atoms with Crippen LogP contribution in [0.4, 0.5) is 5.82 Å². The predicted octanol–water partition coefficient (Wildman–Crippen LogP) is 2.91. The fourth-order valence-electron chi connectivity index (χ4n) is 4.32. The van der Waals surface area contributed by atoms with Crippen molar-refractivity contribution in [3.05, 3.63) is 30.1 Å². The summed E-state index contributed by atoms with van der Waals surface area (Å²) in [5, 5.41) is 4.26. The molecule has 7 heteroatoms. The first-order valence-corrected chi connectivity index (χ1v) is 11.1. The normalized spacial score (nSPS) is 19.6. The van der Waals surface area contributed by atoms with Crippen LogP contribution in [-0.4, -0.2) is 71.1 Å². The maximum absolute atomic E-state index is 12.3. The van der Waals surface area contributed by atoms with E-state index in [0.717, 1.165) is 55.5 Å². The highest BCUT2D eigenvalue weighted by Crippen LogP contribution is 2.26. The smallest absolute Gasteiger partial charge is 0.328 e. The number of aromatic nitrogens is 2. The number of esters is 1. The van der Waals surface area contributed by atoms with E-state index in [1.807, 2.05) is 38.1 Å². The van der Waals surface area contributed by atoms with E-state index in [1.165, 1.54) is 26.4 Å². The molecule has 1 aromatic heterocycles. The maximum atomic E-state index is 12.3. The zero-order valence-corrected chi connectivity index (χ0v) is 18.3. The first-order chi connectivity index (χ1) is 14.5. The third-order valence-electron chi connectivity index (χ3n) is 6.43. The molecule has 4 rings (SSSR count). The van der Waals surface area contributed by atoms with Crippen LogP contribution in [-0.2, 0) is 16.1 Å². The number of rotatable bonds is 7. The molecular formula is C23H33N5O2. The first kappa shape index (κ1) is 21.0. The molecular weight excluding hydrogens is 378 g/mol. The van der Waals surface area contributed by atoms with Gasteiger partial charge in [0, 0.05) is 37.6 Å². The molecule has 1 aliphatic heterocycles. The monoisotopic (exact) mass is 411 g/mol. The fourth-order valence-corrected chi connectivity index (χ4v) is 4.32. The highest BCUT2D eigenvalue weighted by atomic mass is 16.5. The third kappa shape index (κ3) is 4.57. The molecule has 0 spiro atoms. The molecule has 0 amide bonds. The molecule has 0 unspecified atom stereocenters. The van der Waals surface area contributed by atoms with Gasteiger partial charge in [-0.05, 0) is 30.9 Å². The molecule has 2 aliphatic rings. The van der Waals surface area contributed by atoms with Gasteiger partial charge in [-0.2, -0.15) is 0 Å². The van der Waals surface area contributed by atoms with Crippen molar-refractivity contribution >= 4 is 22.7 Å². The van der Waals surface area contributed by atoms with E-state index in [9.17, 15) is 4.79 Å². The van der Waals surface area contributed by atoms with Crippen molar-refractivity contribution in [3.8, 4) is 0 Å². The number of nitrogens with one attached hydrogen (secondary N) is 1. The molecule has 0 bridgehead atoms. The summed E-state index contributed by atoms with van der Waals surface area (Å²) in [6, 6.07) is 8.31. The van der Waals surface area contributed by atoms with Crippen molar-refractivity contribution in [1.82, 2.24) is 19.8 Å². The summed E-state index contributed by atoms with van der Waals surface area (Å²) in [6.45, 7) is 9.07. The Morgan fingerprint density at radius 2 is 1.90 bits per heavy atom. The minimum absolute atomic E-state index is 0.0780. The zero-order valence-electron chi connectivity index (χ0n) is 18.3. The second-order valence-electron chi connectivity index (χ2n) is 8.79. The quantitative estimate of drug-likeness (QED) is 0.703. The van der Waals surface area contributed by atoms with E-state index < -0.39 is 6.04 Å². The van der Waals surface area contributed by atoms with Crippen molar-refractivity contribution in [2.24, 2.45) is 5.92 Å². The molecule has 1 aromatic carbocycles. The highest BCUT2D eigenvalue weighted by molar-refractivity contribution is 5.91. The Bertz CT molecular complexity index is 875. The topological polar surface area (TPSA) is 70.6 Å². The third-order valence-corrected chi connectivity index (χ3v) is 6.43. The number of fused-ring (bicyclic) bond motifs is 1. The molecule has 0 radical (unpaired) electrons. The number of ether oxygens (including phenoxy) is 1. The van der Waals surface area contributed by atoms with E-state index in [0.29, 0.717) is 5.82 Å². The van der Waals surface area contributed by atoms with Crippen LogP contribution in [0.25, 0.3) is 10.9 Å². The van der Waals surface area contributed by atoms with Crippen molar-refractivity contribution in [2.75, 3.05) is 38.6 Å². The summed E-state index contributed by atoms with van der Waals surface area (Å²) < 4.78 is 5.00. The van der Waals surface area contributed by atoms with E-state index in [2.05, 4.69) is 15.1 Å². The summed E-state index contributed by atoms with van der Waals surface area (Å²) in [5.74, 6) is 1.30. The number of anilines is 1. The van der Waals surface area contributed by atoms with E-state index in [1.54, 1.807) is 0 Å². The number of methoxy groups -OCH3 is 1. The number of benzene rings is 1. The van der Waals surface area contributed by atoms with Crippen molar-refractivity contribution in [3.63, 3.8) is 0 Å². The van der Waals surface area contributed by atoms with Gasteiger partial charge in [-0.25, -0.2) is 14.8 Å². The van der Waals surface area contributed by atoms with E-state index in [4.69, 9.17) is 14.7 Å². The zero-order chi connectivity index (χ0) is 21.1. The lowest BCUT2D eigenvalue weighted by atomic mass is 9.91. The Morgan fingerprint density at radius 1 is 1.17 bits per heavy atom. The van der Waals surface area contributed by atoms with E-state index >= 15 is 0 Å². The van der Waals surface area contributed by atoms with E-state index in [-0.39, 0.29) is 11.9 Å². The number of hydrogen-bond acceptors (Lipinski definition) is 7. The predicted molar refractivity (Wildman–Crippen MR) is 118 cm³/mol. The molecule has 1 N–H and O–H groups in total. The van der Waals surface area contributed by atoms with Crippen LogP contribution in [0.3, 0.4) is 0 Å². The Morgan fingerprint density at radius 3 is 2.53 bits per heavy atom. The average molecular weight is 412 g/mol. The van der Waals surface area contributed by atoms with Crippen LogP contribution < -0.4 is 5.32 Å². The van der Waals surface area contributed by atoms with Gasteiger partial charge < -0.3 is 10.1 Å². The molecule has 2 heterocycles. The van der Waals surface area contributed by atoms with Gasteiger partial charge in [0.1, 0.15) is 17.7 Å². The van der Waals surface area contributed by atoms with Crippen LogP contribution >= 0.6 is 0 Å². The number of hydrogen-bond donors (Lipinski definition) is 1. The molecule has 162 valence electrons. The molecule has 1 atom stereocenters. The Kier molecular flexibility index (Phi) is 6.49. The highest BCUT2D eigenvalue weighted by Gasteiger charge is 2.28. The average Bonchev–Trinajstić information content (AvgIpc) is 2.71. The minimum Gasteiger partial charge on any atom is -0.467 e. The number of para-hydroxylation sites is 1. The van der Waals surface area contributed by atoms with Gasteiger partial charge in [0.25, 0.3) is 0 Å². The van der Waals surface area contributed by atoms with Crippen LogP contribution in [0.1, 0.15) is 38.9 Å². The van der Waals surface area contributed by atoms with Crippen molar-refractivity contribution in [2.45, 2.75) is 51.7 Å². The lowest BCUT2D eigenvalue weighted by Crippen LogP contribution is -2.51. The van der Waals surface area contributed by atoms with Crippen LogP contribution in [0.15, 0.2) is 24.3 Å². The van der Waals surface area contributed by atoms with Crippen molar-refractivity contribution in [1.29, 1.82) is 0 Å². The number of piperazine rings is 1. The van der Waals surface area contributed by atoms with Gasteiger partial charge in [0.15, 0.2) is 0 Å². The molecule has 30 heavy (non-hydrogen) atoms. The van der Waals surface area contributed by atoms with Gasteiger partial charge in [0.05, 0.1) is 19.2 Å². The summed E-state index contributed by atoms with van der Waals surface area (Å²) in [4.78, 5) is 27.0. The number of nitrogens with zero attached hydrogens (tertiary/aromatic N) is 4. The van der Waals surface area contributed by atoms with Crippen LogP contribution in [0, 0.1) is 5.92 Å². The van der Waals surface area contributed by atoms with Crippen molar-refractivity contribution < 1.29 is 9.53 Å². The van der Waals surface area contributed by atoms with Gasteiger partial charge in [-0.3, -0.25) is 9.80 Å². The van der Waals surface area contributed by atoms with Gasteiger partial charge in [0.2, 0.25) is 0 Å². The summed E-state index contributed by atoms with van der Waals surface area (Å²) in [6.07, 6.45) is 4.11. The number of carbonyl (C=O) groups is 1. The lowest BCUT2D eigenvalue weighted by molar-refractivity contribution is -0.142. The molecule has 1 aliphatic carbocycles. The Hall–Kier alpha value is -2.25. The van der Waals surface area contributed by atoms with Gasteiger partial charge >= 0.3 is 5.97 Å². The molecule has 1 saturated heterocycles. The Balaban J connectivity index is 1.52. The largest absolute Gasteiger partial charge is 0.467 e. The van der Waals surface area contributed by atoms with Crippen LogP contribution in [0.5, 0.6) is 0 Å². The molecule has 7 nitrogen and oxygen atoms in total. The Labute approximate surface area is 178 Å². The summed E-state index contributed by atoms with van der Waals surface area (Å²) >= 11 is 0. The number of carbonyl (C=O) groups excluding carboxylic acids is 1. The molecule has 2 aromatic rings. The molecule has 1 saturated carbocycles. The second kappa shape index (κ2) is 9.27. The molecule has 2 fully saturated rings. The van der Waals surface area contributed by atoms with Gasteiger partial charge in [-0.15, -0.1) is 0 Å². The lowest BCUT2D eigenvalue weighted by Gasteiger charge is -2.42. The SMILES string of the molecule is COC(=O)[C@@H](Nc1nc(CN2CCN(C3CCC3)CC2)nc2ccccc12)C(C)C. The maximum Gasteiger partial charge on any atom is 0.328 e. The van der Waals surface area contributed by atoms with Crippen LogP contribution in [0.2, 0.25) is 0 Å². The summed E-state index contributed by atoms with van der Waals surface area (Å²) in [7, 11) is 1.42. The minimum atomic E-state index is -0.452. The summed E-state index contributed by atoms with van der Waals surface area (Å²) in [5.41, 5.74) is 0.894. The second-order valence-corrected chi connectivity index (χ2v) is 8.79. The first-order valence-electron chi connectivity index (χ1n) is 11.1. The standard InChI is InChI=1S/C23H33N5O2/c1-16(2)21(23(29)30-3)26-22-18-9-4-5-10-19(18)24-20(25-22)15-27-11-13-28(14-12-27)17-7-6-8-17/h4-5,9-10,16-17,21H,6-8,11-15H2,1-3H3,(H,24,25,26)/t21-/m0/s1. The fraction of sp³-hybridized carbons (Fsp3) is 0.609.